The second-order valence-electron chi connectivity index (χ2n) is 4.77. The number of likely N-dealkylation sites (N-methyl/N-ethyl adjacent to an activating group) is 2. The third kappa shape index (κ3) is 3.34. The summed E-state index contributed by atoms with van der Waals surface area (Å²) in [5.41, 5.74) is 1.46. The largest absolute Gasteiger partial charge is 0.316 e. The summed E-state index contributed by atoms with van der Waals surface area (Å²) in [5.74, 6) is -1.03. The smallest absolute Gasteiger partial charge is 0.304 e. The minimum Gasteiger partial charge on any atom is -0.304 e. The zero-order chi connectivity index (χ0) is 15.9. The van der Waals surface area contributed by atoms with Crippen molar-refractivity contribution in [2.45, 2.75) is 13.8 Å². The Bertz CT molecular complexity index is 569. The minimum absolute atomic E-state index is 0.445. The molecule has 0 aliphatic heterocycles. The maximum absolute atomic E-state index is 12.6. The molecule has 0 aliphatic rings. The molecule has 114 valence electrons. The lowest BCUT2D eigenvalue weighted by atomic mass is 10.2. The number of carbonyl (C=O) groups is 2. The molecule has 0 aliphatic carbocycles. The molecule has 2 amide bonds. The number of anilines is 2. The number of rotatable bonds is 4. The lowest BCUT2D eigenvalue weighted by molar-refractivity contribution is -0.135. The van der Waals surface area contributed by atoms with Gasteiger partial charge in [0, 0.05) is 24.5 Å². The first-order chi connectivity index (χ1) is 10.7. The minimum atomic E-state index is -0.514. The number of amides is 2. The van der Waals surface area contributed by atoms with Gasteiger partial charge in [-0.05, 0) is 38.1 Å². The molecule has 0 saturated heterocycles. The van der Waals surface area contributed by atoms with Gasteiger partial charge in [-0.25, -0.2) is 0 Å². The van der Waals surface area contributed by atoms with Gasteiger partial charge in [-0.1, -0.05) is 36.4 Å². The average molecular weight is 296 g/mol. The van der Waals surface area contributed by atoms with E-state index >= 15 is 0 Å². The van der Waals surface area contributed by atoms with Gasteiger partial charge in [-0.3, -0.25) is 9.59 Å². The Morgan fingerprint density at radius 1 is 0.682 bits per heavy atom. The number of nitrogens with zero attached hydrogens (tertiary/aromatic N) is 2. The van der Waals surface area contributed by atoms with Crippen LogP contribution in [0.3, 0.4) is 0 Å². The number of hydrogen-bond donors (Lipinski definition) is 0. The van der Waals surface area contributed by atoms with E-state index in [1.165, 1.54) is 9.80 Å². The quantitative estimate of drug-likeness (QED) is 0.813. The molecule has 0 atom stereocenters. The Balaban J connectivity index is 2.25. The molecule has 0 unspecified atom stereocenters. The molecule has 4 nitrogen and oxygen atoms in total. The van der Waals surface area contributed by atoms with E-state index < -0.39 is 11.8 Å². The summed E-state index contributed by atoms with van der Waals surface area (Å²) in [4.78, 5) is 28.2. The van der Waals surface area contributed by atoms with E-state index in [0.29, 0.717) is 13.1 Å². The summed E-state index contributed by atoms with van der Waals surface area (Å²) in [6.07, 6.45) is 0. The standard InChI is InChI=1S/C18H20N2O2/c1-3-19(15-11-7-5-8-12-15)17(21)18(22)20(4-2)16-13-9-6-10-14-16/h5-14H,3-4H2,1-2H3. The zero-order valence-corrected chi connectivity index (χ0v) is 12.9. The molecule has 0 fully saturated rings. The fraction of sp³-hybridized carbons (Fsp3) is 0.222. The number of hydrogen-bond acceptors (Lipinski definition) is 2. The number of carbonyl (C=O) groups excluding carboxylic acids is 2. The van der Waals surface area contributed by atoms with Crippen LogP contribution in [0.15, 0.2) is 60.7 Å². The predicted molar refractivity (Wildman–Crippen MR) is 88.9 cm³/mol. The van der Waals surface area contributed by atoms with Gasteiger partial charge in [0.1, 0.15) is 0 Å². The first-order valence-electron chi connectivity index (χ1n) is 7.42. The van der Waals surface area contributed by atoms with Gasteiger partial charge in [0.15, 0.2) is 0 Å². The Labute approximate surface area is 131 Å². The first-order valence-corrected chi connectivity index (χ1v) is 7.42. The molecule has 0 bridgehead atoms. The summed E-state index contributed by atoms with van der Waals surface area (Å²) in [6.45, 7) is 4.61. The summed E-state index contributed by atoms with van der Waals surface area (Å²) >= 11 is 0. The average Bonchev–Trinajstić information content (AvgIpc) is 2.58. The van der Waals surface area contributed by atoms with Gasteiger partial charge < -0.3 is 9.80 Å². The second kappa shape index (κ2) is 7.41. The molecule has 2 aromatic rings. The highest BCUT2D eigenvalue weighted by Crippen LogP contribution is 2.17. The van der Waals surface area contributed by atoms with Crippen molar-refractivity contribution in [2.75, 3.05) is 22.9 Å². The molecule has 0 aromatic heterocycles. The van der Waals surface area contributed by atoms with Crippen molar-refractivity contribution in [3.63, 3.8) is 0 Å². The topological polar surface area (TPSA) is 40.6 Å². The lowest BCUT2D eigenvalue weighted by Crippen LogP contribution is -2.45. The van der Waals surface area contributed by atoms with Crippen molar-refractivity contribution in [3.05, 3.63) is 60.7 Å². The van der Waals surface area contributed by atoms with Crippen LogP contribution < -0.4 is 9.80 Å². The van der Waals surface area contributed by atoms with Crippen LogP contribution in [0, 0.1) is 0 Å². The van der Waals surface area contributed by atoms with Crippen molar-refractivity contribution in [2.24, 2.45) is 0 Å². The highest BCUT2D eigenvalue weighted by molar-refractivity contribution is 6.44. The van der Waals surface area contributed by atoms with Crippen LogP contribution >= 0.6 is 0 Å². The molecule has 4 heteroatoms. The Kier molecular flexibility index (Phi) is 5.31. The third-order valence-electron chi connectivity index (χ3n) is 3.44. The van der Waals surface area contributed by atoms with E-state index in [0.717, 1.165) is 11.4 Å². The molecule has 2 rings (SSSR count). The van der Waals surface area contributed by atoms with Gasteiger partial charge >= 0.3 is 11.8 Å². The van der Waals surface area contributed by atoms with Crippen LogP contribution in [-0.2, 0) is 9.59 Å². The monoisotopic (exact) mass is 296 g/mol. The fourth-order valence-electron chi connectivity index (χ4n) is 2.33. The van der Waals surface area contributed by atoms with Gasteiger partial charge in [-0.15, -0.1) is 0 Å². The SMILES string of the molecule is CCN(C(=O)C(=O)N(CC)c1ccccc1)c1ccccc1. The van der Waals surface area contributed by atoms with Gasteiger partial charge in [-0.2, -0.15) is 0 Å². The lowest BCUT2D eigenvalue weighted by Gasteiger charge is -2.25. The van der Waals surface area contributed by atoms with Crippen LogP contribution in [0.4, 0.5) is 11.4 Å². The molecule has 0 heterocycles. The summed E-state index contributed by atoms with van der Waals surface area (Å²) in [5, 5.41) is 0. The summed E-state index contributed by atoms with van der Waals surface area (Å²) in [7, 11) is 0. The van der Waals surface area contributed by atoms with Crippen molar-refractivity contribution < 1.29 is 9.59 Å². The maximum atomic E-state index is 12.6. The van der Waals surface area contributed by atoms with Crippen LogP contribution in [0.2, 0.25) is 0 Å². The van der Waals surface area contributed by atoms with Crippen LogP contribution in [-0.4, -0.2) is 24.9 Å². The van der Waals surface area contributed by atoms with Crippen molar-refractivity contribution in [1.82, 2.24) is 0 Å². The highest BCUT2D eigenvalue weighted by atomic mass is 16.2. The van der Waals surface area contributed by atoms with E-state index in [1.54, 1.807) is 0 Å². The van der Waals surface area contributed by atoms with E-state index in [4.69, 9.17) is 0 Å². The maximum Gasteiger partial charge on any atom is 0.316 e. The van der Waals surface area contributed by atoms with Crippen molar-refractivity contribution >= 4 is 23.2 Å². The fourth-order valence-corrected chi connectivity index (χ4v) is 2.33. The van der Waals surface area contributed by atoms with E-state index in [-0.39, 0.29) is 0 Å². The van der Waals surface area contributed by atoms with E-state index in [9.17, 15) is 9.59 Å². The molecular weight excluding hydrogens is 276 g/mol. The predicted octanol–water partition coefficient (Wildman–Crippen LogP) is 3.09. The van der Waals surface area contributed by atoms with Gasteiger partial charge in [0.2, 0.25) is 0 Å². The summed E-state index contributed by atoms with van der Waals surface area (Å²) < 4.78 is 0. The van der Waals surface area contributed by atoms with Crippen LogP contribution in [0.25, 0.3) is 0 Å². The Morgan fingerprint density at radius 2 is 1.00 bits per heavy atom. The highest BCUT2D eigenvalue weighted by Gasteiger charge is 2.27. The van der Waals surface area contributed by atoms with Crippen molar-refractivity contribution in [1.29, 1.82) is 0 Å². The Hall–Kier alpha value is -2.62. The molecule has 0 N–H and O–H groups in total. The number of para-hydroxylation sites is 2. The molecule has 2 aromatic carbocycles. The molecule has 0 radical (unpaired) electrons. The second-order valence-corrected chi connectivity index (χ2v) is 4.77. The normalized spacial score (nSPS) is 10.1. The number of benzene rings is 2. The molecule has 0 saturated carbocycles. The van der Waals surface area contributed by atoms with E-state index in [2.05, 4.69) is 0 Å². The van der Waals surface area contributed by atoms with Gasteiger partial charge in [0.25, 0.3) is 0 Å². The Morgan fingerprint density at radius 3 is 1.27 bits per heavy atom. The summed E-state index contributed by atoms with van der Waals surface area (Å²) in [6, 6.07) is 18.5. The molecule has 22 heavy (non-hydrogen) atoms. The molecular formula is C18H20N2O2. The van der Waals surface area contributed by atoms with Crippen LogP contribution in [0.1, 0.15) is 13.8 Å². The van der Waals surface area contributed by atoms with E-state index in [1.807, 2.05) is 74.5 Å². The molecule has 0 spiro atoms. The van der Waals surface area contributed by atoms with Gasteiger partial charge in [0.05, 0.1) is 0 Å². The first kappa shape index (κ1) is 15.8. The van der Waals surface area contributed by atoms with Crippen LogP contribution in [0.5, 0.6) is 0 Å². The zero-order valence-electron chi connectivity index (χ0n) is 12.9. The van der Waals surface area contributed by atoms with Crippen molar-refractivity contribution in [3.8, 4) is 0 Å². The third-order valence-corrected chi connectivity index (χ3v) is 3.44.